The van der Waals surface area contributed by atoms with Gasteiger partial charge in [0.05, 0.1) is 0 Å². The standard InChI is InChI=1S/C15H17N3O2/c1-9-6-14(19)13(8-17-9)15(20)18-12-5-3-4-11(7-12)10(2)16/h3-8,10H,16H2,1-2H3,(H,17,19)(H,18,20). The normalized spacial score (nSPS) is 11.9. The first-order valence-electron chi connectivity index (χ1n) is 6.33. The van der Waals surface area contributed by atoms with Crippen molar-refractivity contribution >= 4 is 11.6 Å². The Labute approximate surface area is 116 Å². The van der Waals surface area contributed by atoms with Crippen molar-refractivity contribution in [2.75, 3.05) is 5.32 Å². The van der Waals surface area contributed by atoms with E-state index in [-0.39, 0.29) is 17.0 Å². The second kappa shape index (κ2) is 5.71. The Morgan fingerprint density at radius 3 is 2.75 bits per heavy atom. The van der Waals surface area contributed by atoms with Gasteiger partial charge in [0, 0.05) is 29.7 Å². The minimum atomic E-state index is -0.437. The molecule has 4 N–H and O–H groups in total. The molecule has 104 valence electrons. The zero-order valence-electron chi connectivity index (χ0n) is 11.4. The van der Waals surface area contributed by atoms with Crippen LogP contribution in [0.25, 0.3) is 0 Å². The molecule has 1 amide bonds. The largest absolute Gasteiger partial charge is 0.364 e. The maximum absolute atomic E-state index is 12.1. The van der Waals surface area contributed by atoms with Gasteiger partial charge in [-0.2, -0.15) is 0 Å². The maximum Gasteiger partial charge on any atom is 0.261 e. The molecule has 0 aliphatic heterocycles. The molecule has 0 saturated carbocycles. The number of aromatic nitrogens is 1. The molecule has 0 aliphatic carbocycles. The Bertz CT molecular complexity index is 690. The lowest BCUT2D eigenvalue weighted by Crippen LogP contribution is -2.21. The molecule has 2 aromatic rings. The molecule has 2 rings (SSSR count). The van der Waals surface area contributed by atoms with E-state index in [2.05, 4.69) is 10.3 Å². The Morgan fingerprint density at radius 1 is 1.35 bits per heavy atom. The highest BCUT2D eigenvalue weighted by Crippen LogP contribution is 2.16. The van der Waals surface area contributed by atoms with Crippen LogP contribution in [0.1, 0.15) is 34.6 Å². The predicted octanol–water partition coefficient (Wildman–Crippen LogP) is 1.96. The van der Waals surface area contributed by atoms with Crippen LogP contribution in [0.2, 0.25) is 0 Å². The third-order valence-electron chi connectivity index (χ3n) is 2.97. The van der Waals surface area contributed by atoms with E-state index in [9.17, 15) is 9.59 Å². The van der Waals surface area contributed by atoms with Crippen LogP contribution in [0.5, 0.6) is 0 Å². The molecular weight excluding hydrogens is 254 g/mol. The molecule has 1 aromatic heterocycles. The number of carbonyl (C=O) groups excluding carboxylic acids is 1. The van der Waals surface area contributed by atoms with Crippen LogP contribution in [0, 0.1) is 6.92 Å². The van der Waals surface area contributed by atoms with E-state index in [4.69, 9.17) is 5.73 Å². The van der Waals surface area contributed by atoms with Gasteiger partial charge < -0.3 is 16.0 Å². The van der Waals surface area contributed by atoms with E-state index in [1.54, 1.807) is 19.1 Å². The van der Waals surface area contributed by atoms with Crippen molar-refractivity contribution in [3.8, 4) is 0 Å². The third-order valence-corrected chi connectivity index (χ3v) is 2.97. The van der Waals surface area contributed by atoms with Crippen molar-refractivity contribution in [1.82, 2.24) is 4.98 Å². The number of hydrogen-bond acceptors (Lipinski definition) is 3. The van der Waals surface area contributed by atoms with E-state index >= 15 is 0 Å². The zero-order valence-corrected chi connectivity index (χ0v) is 11.4. The number of nitrogens with two attached hydrogens (primary N) is 1. The summed E-state index contributed by atoms with van der Waals surface area (Å²) in [6.45, 7) is 3.63. The number of anilines is 1. The average molecular weight is 271 g/mol. The molecule has 0 fully saturated rings. The molecule has 1 unspecified atom stereocenters. The number of nitrogens with one attached hydrogen (secondary N) is 2. The van der Waals surface area contributed by atoms with Crippen LogP contribution < -0.4 is 16.5 Å². The van der Waals surface area contributed by atoms with Crippen LogP contribution in [0.4, 0.5) is 5.69 Å². The van der Waals surface area contributed by atoms with Gasteiger partial charge in [-0.25, -0.2) is 0 Å². The van der Waals surface area contributed by atoms with Crippen LogP contribution in [0.3, 0.4) is 0 Å². The molecule has 0 spiro atoms. The van der Waals surface area contributed by atoms with E-state index in [1.165, 1.54) is 12.3 Å². The molecule has 1 atom stereocenters. The minimum absolute atomic E-state index is 0.0850. The Morgan fingerprint density at radius 2 is 2.10 bits per heavy atom. The molecule has 1 heterocycles. The van der Waals surface area contributed by atoms with Crippen LogP contribution in [-0.4, -0.2) is 10.9 Å². The molecule has 5 heteroatoms. The first kappa shape index (κ1) is 14.0. The Hall–Kier alpha value is -2.40. The molecule has 0 radical (unpaired) electrons. The minimum Gasteiger partial charge on any atom is -0.364 e. The number of amides is 1. The van der Waals surface area contributed by atoms with Crippen molar-refractivity contribution in [3.05, 3.63) is 63.6 Å². The summed E-state index contributed by atoms with van der Waals surface area (Å²) in [7, 11) is 0. The second-order valence-corrected chi connectivity index (χ2v) is 4.76. The maximum atomic E-state index is 12.1. The number of benzene rings is 1. The zero-order chi connectivity index (χ0) is 14.7. The van der Waals surface area contributed by atoms with Gasteiger partial charge in [-0.05, 0) is 31.5 Å². The summed E-state index contributed by atoms with van der Waals surface area (Å²) in [6.07, 6.45) is 1.42. The highest BCUT2D eigenvalue weighted by atomic mass is 16.2. The number of aromatic amines is 1. The van der Waals surface area contributed by atoms with Crippen molar-refractivity contribution in [2.45, 2.75) is 19.9 Å². The number of aryl methyl sites for hydroxylation is 1. The lowest BCUT2D eigenvalue weighted by atomic mass is 10.1. The van der Waals surface area contributed by atoms with Gasteiger partial charge in [-0.3, -0.25) is 9.59 Å². The molecule has 1 aromatic carbocycles. The lowest BCUT2D eigenvalue weighted by Gasteiger charge is -2.09. The molecule has 0 aliphatic rings. The Balaban J connectivity index is 2.23. The fourth-order valence-corrected chi connectivity index (χ4v) is 1.85. The molecule has 0 bridgehead atoms. The number of pyridine rings is 1. The summed E-state index contributed by atoms with van der Waals surface area (Å²) >= 11 is 0. The van der Waals surface area contributed by atoms with Gasteiger partial charge in [-0.15, -0.1) is 0 Å². The van der Waals surface area contributed by atoms with Crippen molar-refractivity contribution in [2.24, 2.45) is 5.73 Å². The Kier molecular flexibility index (Phi) is 4.00. The van der Waals surface area contributed by atoms with E-state index in [0.29, 0.717) is 11.4 Å². The van der Waals surface area contributed by atoms with Gasteiger partial charge in [0.15, 0.2) is 5.43 Å². The number of H-pyrrole nitrogens is 1. The molecule has 20 heavy (non-hydrogen) atoms. The van der Waals surface area contributed by atoms with Crippen LogP contribution >= 0.6 is 0 Å². The second-order valence-electron chi connectivity index (χ2n) is 4.76. The quantitative estimate of drug-likeness (QED) is 0.797. The van der Waals surface area contributed by atoms with Crippen molar-refractivity contribution in [3.63, 3.8) is 0 Å². The van der Waals surface area contributed by atoms with E-state index in [0.717, 1.165) is 5.56 Å². The van der Waals surface area contributed by atoms with Gasteiger partial charge in [0.1, 0.15) is 5.56 Å². The smallest absolute Gasteiger partial charge is 0.261 e. The van der Waals surface area contributed by atoms with E-state index in [1.807, 2.05) is 19.1 Å². The average Bonchev–Trinajstić information content (AvgIpc) is 2.38. The van der Waals surface area contributed by atoms with Gasteiger partial charge in [0.25, 0.3) is 5.91 Å². The summed E-state index contributed by atoms with van der Waals surface area (Å²) in [5, 5.41) is 2.70. The summed E-state index contributed by atoms with van der Waals surface area (Å²) in [4.78, 5) is 26.7. The van der Waals surface area contributed by atoms with E-state index < -0.39 is 5.91 Å². The third kappa shape index (κ3) is 3.13. The fourth-order valence-electron chi connectivity index (χ4n) is 1.85. The number of hydrogen-bond donors (Lipinski definition) is 3. The van der Waals surface area contributed by atoms with Gasteiger partial charge >= 0.3 is 0 Å². The predicted molar refractivity (Wildman–Crippen MR) is 78.8 cm³/mol. The first-order valence-corrected chi connectivity index (χ1v) is 6.33. The highest BCUT2D eigenvalue weighted by molar-refractivity contribution is 6.04. The molecule has 5 nitrogen and oxygen atoms in total. The summed E-state index contributed by atoms with van der Waals surface area (Å²) in [5.74, 6) is -0.437. The summed E-state index contributed by atoms with van der Waals surface area (Å²) < 4.78 is 0. The van der Waals surface area contributed by atoms with Crippen molar-refractivity contribution < 1.29 is 4.79 Å². The summed E-state index contributed by atoms with van der Waals surface area (Å²) in [6, 6.07) is 8.53. The van der Waals surface area contributed by atoms with Gasteiger partial charge in [0.2, 0.25) is 0 Å². The fraction of sp³-hybridized carbons (Fsp3) is 0.200. The van der Waals surface area contributed by atoms with Gasteiger partial charge in [-0.1, -0.05) is 12.1 Å². The van der Waals surface area contributed by atoms with Crippen molar-refractivity contribution in [1.29, 1.82) is 0 Å². The molecule has 0 saturated heterocycles. The topological polar surface area (TPSA) is 88.0 Å². The monoisotopic (exact) mass is 271 g/mol. The highest BCUT2D eigenvalue weighted by Gasteiger charge is 2.11. The summed E-state index contributed by atoms with van der Waals surface area (Å²) in [5.41, 5.74) is 7.83. The van der Waals surface area contributed by atoms with Crippen LogP contribution in [0.15, 0.2) is 41.3 Å². The lowest BCUT2D eigenvalue weighted by molar-refractivity contribution is 0.102. The number of rotatable bonds is 3. The number of carbonyl (C=O) groups is 1. The molecular formula is C15H17N3O2. The van der Waals surface area contributed by atoms with Crippen LogP contribution in [-0.2, 0) is 0 Å². The first-order chi connectivity index (χ1) is 9.47. The SMILES string of the molecule is Cc1cc(=O)c(C(=O)Nc2cccc(C(C)N)c2)c[nH]1.